The maximum absolute atomic E-state index is 12.8. The van der Waals surface area contributed by atoms with Crippen molar-refractivity contribution in [3.8, 4) is 5.75 Å². The second-order valence-corrected chi connectivity index (χ2v) is 8.94. The molecule has 0 unspecified atom stereocenters. The second-order valence-electron chi connectivity index (χ2n) is 6.63. The molecule has 0 radical (unpaired) electrons. The fourth-order valence-electron chi connectivity index (χ4n) is 3.08. The topological polar surface area (TPSA) is 75.7 Å². The predicted molar refractivity (Wildman–Crippen MR) is 108 cm³/mol. The van der Waals surface area contributed by atoms with Crippen molar-refractivity contribution in [1.29, 1.82) is 0 Å². The zero-order valence-electron chi connectivity index (χ0n) is 15.7. The lowest BCUT2D eigenvalue weighted by Crippen LogP contribution is -2.30. The molecule has 28 heavy (non-hydrogen) atoms. The van der Waals surface area contributed by atoms with Crippen molar-refractivity contribution >= 4 is 27.5 Å². The number of hydrogen-bond acceptors (Lipinski definition) is 4. The van der Waals surface area contributed by atoms with Crippen molar-refractivity contribution in [2.75, 3.05) is 26.2 Å². The summed E-state index contributed by atoms with van der Waals surface area (Å²) in [4.78, 5) is 12.6. The van der Waals surface area contributed by atoms with Crippen LogP contribution < -0.4 is 10.1 Å². The SMILES string of the molecule is Cc1ccc(C(=O)NCCOc2ccccc2Cl)cc1S(=O)(=O)N1CCCC1. The largest absolute Gasteiger partial charge is 0.490 e. The molecular formula is C20H23ClN2O4S. The molecule has 1 aliphatic rings. The Hall–Kier alpha value is -2.09. The number of sulfonamides is 1. The normalized spacial score (nSPS) is 14.8. The van der Waals surface area contributed by atoms with Gasteiger partial charge >= 0.3 is 0 Å². The van der Waals surface area contributed by atoms with Crippen LogP contribution in [-0.4, -0.2) is 44.9 Å². The molecule has 1 fully saturated rings. The Balaban J connectivity index is 1.63. The van der Waals surface area contributed by atoms with Crippen molar-refractivity contribution in [3.63, 3.8) is 0 Å². The Labute approximate surface area is 170 Å². The Morgan fingerprint density at radius 1 is 1.18 bits per heavy atom. The number of carbonyl (C=O) groups is 1. The van der Waals surface area contributed by atoms with E-state index in [1.54, 1.807) is 31.2 Å². The van der Waals surface area contributed by atoms with Gasteiger partial charge in [0.15, 0.2) is 0 Å². The summed E-state index contributed by atoms with van der Waals surface area (Å²) in [6, 6.07) is 11.8. The van der Waals surface area contributed by atoms with E-state index in [0.29, 0.717) is 35.0 Å². The van der Waals surface area contributed by atoms with Gasteiger partial charge in [-0.3, -0.25) is 4.79 Å². The summed E-state index contributed by atoms with van der Waals surface area (Å²) in [7, 11) is -3.58. The zero-order chi connectivity index (χ0) is 20.1. The summed E-state index contributed by atoms with van der Waals surface area (Å²) in [5, 5.41) is 3.24. The summed E-state index contributed by atoms with van der Waals surface area (Å²) in [5.41, 5.74) is 0.937. The summed E-state index contributed by atoms with van der Waals surface area (Å²) < 4.78 is 32.7. The van der Waals surface area contributed by atoms with E-state index in [-0.39, 0.29) is 24.0 Å². The van der Waals surface area contributed by atoms with Crippen molar-refractivity contribution in [2.24, 2.45) is 0 Å². The smallest absolute Gasteiger partial charge is 0.251 e. The van der Waals surface area contributed by atoms with Crippen molar-refractivity contribution in [2.45, 2.75) is 24.7 Å². The maximum Gasteiger partial charge on any atom is 0.251 e. The first-order valence-corrected chi connectivity index (χ1v) is 11.0. The van der Waals surface area contributed by atoms with Crippen LogP contribution in [-0.2, 0) is 10.0 Å². The van der Waals surface area contributed by atoms with Crippen LogP contribution in [0.1, 0.15) is 28.8 Å². The van der Waals surface area contributed by atoms with E-state index < -0.39 is 10.0 Å². The van der Waals surface area contributed by atoms with E-state index in [4.69, 9.17) is 16.3 Å². The first-order valence-electron chi connectivity index (χ1n) is 9.16. The lowest BCUT2D eigenvalue weighted by Gasteiger charge is -2.18. The highest BCUT2D eigenvalue weighted by atomic mass is 35.5. The zero-order valence-corrected chi connectivity index (χ0v) is 17.2. The van der Waals surface area contributed by atoms with Gasteiger partial charge in [-0.15, -0.1) is 0 Å². The van der Waals surface area contributed by atoms with Crippen molar-refractivity contribution in [3.05, 3.63) is 58.6 Å². The van der Waals surface area contributed by atoms with Gasteiger partial charge in [-0.25, -0.2) is 8.42 Å². The predicted octanol–water partition coefficient (Wildman–Crippen LogP) is 3.24. The Morgan fingerprint density at radius 3 is 2.61 bits per heavy atom. The number of halogens is 1. The third kappa shape index (κ3) is 4.66. The van der Waals surface area contributed by atoms with Gasteiger partial charge in [0.2, 0.25) is 10.0 Å². The first-order chi connectivity index (χ1) is 13.4. The number of para-hydroxylation sites is 1. The van der Waals surface area contributed by atoms with E-state index in [1.807, 2.05) is 12.1 Å². The fourth-order valence-corrected chi connectivity index (χ4v) is 5.03. The van der Waals surface area contributed by atoms with Gasteiger partial charge in [-0.05, 0) is 49.6 Å². The highest BCUT2D eigenvalue weighted by Crippen LogP contribution is 2.25. The molecule has 1 N–H and O–H groups in total. The Kier molecular flexibility index (Phi) is 6.59. The van der Waals surface area contributed by atoms with Crippen molar-refractivity contribution in [1.82, 2.24) is 9.62 Å². The molecule has 1 aliphatic heterocycles. The van der Waals surface area contributed by atoms with Crippen LogP contribution in [0.5, 0.6) is 5.75 Å². The molecule has 0 spiro atoms. The van der Waals surface area contributed by atoms with Gasteiger partial charge in [-0.1, -0.05) is 29.8 Å². The van der Waals surface area contributed by atoms with Crippen LogP contribution in [0.15, 0.2) is 47.4 Å². The summed E-state index contributed by atoms with van der Waals surface area (Å²) in [5.74, 6) is 0.202. The second kappa shape index (κ2) is 8.94. The molecule has 2 aromatic rings. The third-order valence-corrected chi connectivity index (χ3v) is 6.97. The molecule has 8 heteroatoms. The molecule has 1 heterocycles. The minimum atomic E-state index is -3.58. The van der Waals surface area contributed by atoms with Crippen LogP contribution in [0, 0.1) is 6.92 Å². The maximum atomic E-state index is 12.8. The van der Waals surface area contributed by atoms with Crippen LogP contribution >= 0.6 is 11.6 Å². The van der Waals surface area contributed by atoms with Crippen LogP contribution in [0.2, 0.25) is 5.02 Å². The lowest BCUT2D eigenvalue weighted by molar-refractivity contribution is 0.0947. The van der Waals surface area contributed by atoms with Gasteiger partial charge in [0.1, 0.15) is 12.4 Å². The molecule has 0 aliphatic carbocycles. The van der Waals surface area contributed by atoms with Gasteiger partial charge in [0.05, 0.1) is 16.5 Å². The summed E-state index contributed by atoms with van der Waals surface area (Å²) in [6.45, 7) is 3.31. The van der Waals surface area contributed by atoms with E-state index in [1.165, 1.54) is 10.4 Å². The number of nitrogens with zero attached hydrogens (tertiary/aromatic N) is 1. The van der Waals surface area contributed by atoms with Gasteiger partial charge in [-0.2, -0.15) is 4.31 Å². The molecule has 2 aromatic carbocycles. The van der Waals surface area contributed by atoms with Gasteiger partial charge in [0.25, 0.3) is 5.91 Å². The van der Waals surface area contributed by atoms with Crippen molar-refractivity contribution < 1.29 is 17.9 Å². The Bertz CT molecular complexity index is 956. The molecule has 6 nitrogen and oxygen atoms in total. The average molecular weight is 423 g/mol. The highest BCUT2D eigenvalue weighted by Gasteiger charge is 2.29. The molecule has 1 saturated heterocycles. The molecule has 0 bridgehead atoms. The number of carbonyl (C=O) groups excluding carboxylic acids is 1. The molecular weight excluding hydrogens is 400 g/mol. The molecule has 0 saturated carbocycles. The minimum absolute atomic E-state index is 0.189. The number of aryl methyl sites for hydroxylation is 1. The third-order valence-electron chi connectivity index (χ3n) is 4.62. The molecule has 150 valence electrons. The van der Waals surface area contributed by atoms with E-state index in [9.17, 15) is 13.2 Å². The number of amides is 1. The number of benzene rings is 2. The quantitative estimate of drug-likeness (QED) is 0.695. The van der Waals surface area contributed by atoms with Crippen LogP contribution in [0.4, 0.5) is 0 Å². The van der Waals surface area contributed by atoms with E-state index >= 15 is 0 Å². The van der Waals surface area contributed by atoms with Crippen LogP contribution in [0.25, 0.3) is 0 Å². The van der Waals surface area contributed by atoms with Gasteiger partial charge in [0, 0.05) is 18.7 Å². The standard InChI is InChI=1S/C20H23ClN2O4S/c1-15-8-9-16(14-19(15)28(25,26)23-11-4-5-12-23)20(24)22-10-13-27-18-7-3-2-6-17(18)21/h2-3,6-9,14H,4-5,10-13H2,1H3,(H,22,24). The monoisotopic (exact) mass is 422 g/mol. The molecule has 0 atom stereocenters. The summed E-state index contributed by atoms with van der Waals surface area (Å²) in [6.07, 6.45) is 1.73. The van der Waals surface area contributed by atoms with Gasteiger partial charge < -0.3 is 10.1 Å². The lowest BCUT2D eigenvalue weighted by atomic mass is 10.1. The number of rotatable bonds is 7. The summed E-state index contributed by atoms with van der Waals surface area (Å²) >= 11 is 6.02. The number of hydrogen-bond donors (Lipinski definition) is 1. The molecule has 1 amide bonds. The van der Waals surface area contributed by atoms with E-state index in [2.05, 4.69) is 5.32 Å². The number of ether oxygens (including phenoxy) is 1. The molecule has 3 rings (SSSR count). The first kappa shape index (κ1) is 20.6. The van der Waals surface area contributed by atoms with E-state index in [0.717, 1.165) is 12.8 Å². The highest BCUT2D eigenvalue weighted by molar-refractivity contribution is 7.89. The van der Waals surface area contributed by atoms with Crippen LogP contribution in [0.3, 0.4) is 0 Å². The average Bonchev–Trinajstić information content (AvgIpc) is 3.22. The minimum Gasteiger partial charge on any atom is -0.490 e. The fraction of sp³-hybridized carbons (Fsp3) is 0.350. The molecule has 0 aromatic heterocycles. The Morgan fingerprint density at radius 2 is 1.89 bits per heavy atom. The number of nitrogens with one attached hydrogen (secondary N) is 1.